The van der Waals surface area contributed by atoms with E-state index in [1.165, 1.54) is 21.8 Å². The van der Waals surface area contributed by atoms with Crippen LogP contribution in [0.5, 0.6) is 5.75 Å². The Morgan fingerprint density at radius 3 is 2.50 bits per heavy atom. The van der Waals surface area contributed by atoms with Crippen molar-refractivity contribution in [1.82, 2.24) is 0 Å². The van der Waals surface area contributed by atoms with E-state index < -0.39 is 0 Å². The van der Waals surface area contributed by atoms with Crippen LogP contribution in [0.4, 0.5) is 5.00 Å². The quantitative estimate of drug-likeness (QED) is 0.255. The lowest BCUT2D eigenvalue weighted by atomic mass is 9.72. The molecule has 0 bridgehead atoms. The molecule has 0 fully saturated rings. The molecule has 1 aliphatic carbocycles. The number of ether oxygens (including phenoxy) is 2. The van der Waals surface area contributed by atoms with Gasteiger partial charge in [-0.25, -0.2) is 4.79 Å². The Morgan fingerprint density at radius 1 is 1.17 bits per heavy atom. The standard InChI is InChI=1S/C29H40BrNO4S/c1-8-34-27(33)25-20-13-11-19(29(5,6)7)17-23(20)36-26(25)31-24(32)10-9-15-35-22-14-12-18(16-21(22)30)28(2,3)4/h12,14,16,19H,8-11,13,15,17H2,1-7H3,(H,31,32). The molecular formula is C29H40BrNO4S. The van der Waals surface area contributed by atoms with Gasteiger partial charge in [-0.15, -0.1) is 11.3 Å². The van der Waals surface area contributed by atoms with Gasteiger partial charge in [-0.2, -0.15) is 0 Å². The summed E-state index contributed by atoms with van der Waals surface area (Å²) in [4.78, 5) is 26.8. The molecule has 1 aromatic heterocycles. The number of hydrogen-bond donors (Lipinski definition) is 1. The van der Waals surface area contributed by atoms with Crippen LogP contribution in [0.2, 0.25) is 0 Å². The van der Waals surface area contributed by atoms with Crippen LogP contribution in [0.25, 0.3) is 0 Å². The largest absolute Gasteiger partial charge is 0.492 e. The SMILES string of the molecule is CCOC(=O)c1c(NC(=O)CCCOc2ccc(C(C)(C)C)cc2Br)sc2c1CCC(C(C)(C)C)C2. The Morgan fingerprint density at radius 2 is 1.89 bits per heavy atom. The molecule has 3 rings (SSSR count). The molecule has 1 aliphatic rings. The van der Waals surface area contributed by atoms with Crippen LogP contribution in [0, 0.1) is 11.3 Å². The first-order valence-corrected chi connectivity index (χ1v) is 14.5. The number of anilines is 1. The highest BCUT2D eigenvalue weighted by Crippen LogP contribution is 2.44. The van der Waals surface area contributed by atoms with Crippen molar-refractivity contribution in [3.05, 3.63) is 44.2 Å². The summed E-state index contributed by atoms with van der Waals surface area (Å²) >= 11 is 5.13. The number of fused-ring (bicyclic) bond motifs is 1. The van der Waals surface area contributed by atoms with Crippen LogP contribution in [0.1, 0.15) is 94.1 Å². The van der Waals surface area contributed by atoms with E-state index in [1.54, 1.807) is 6.92 Å². The number of amides is 1. The van der Waals surface area contributed by atoms with E-state index in [1.807, 2.05) is 6.07 Å². The lowest BCUT2D eigenvalue weighted by Crippen LogP contribution is -2.26. The molecule has 0 saturated carbocycles. The smallest absolute Gasteiger partial charge is 0.341 e. The zero-order chi connectivity index (χ0) is 26.7. The van der Waals surface area contributed by atoms with E-state index in [-0.39, 0.29) is 22.7 Å². The van der Waals surface area contributed by atoms with Crippen LogP contribution >= 0.6 is 27.3 Å². The topological polar surface area (TPSA) is 64.6 Å². The average molecular weight is 579 g/mol. The maximum absolute atomic E-state index is 12.8. The van der Waals surface area contributed by atoms with Gasteiger partial charge in [0.25, 0.3) is 0 Å². The van der Waals surface area contributed by atoms with Crippen LogP contribution in [0.3, 0.4) is 0 Å². The van der Waals surface area contributed by atoms with Crippen molar-refractivity contribution in [2.75, 3.05) is 18.5 Å². The molecule has 7 heteroatoms. The minimum Gasteiger partial charge on any atom is -0.492 e. The molecule has 1 heterocycles. The van der Waals surface area contributed by atoms with Gasteiger partial charge in [-0.3, -0.25) is 4.79 Å². The Hall–Kier alpha value is -1.86. The second-order valence-corrected chi connectivity index (χ2v) is 13.6. The highest BCUT2D eigenvalue weighted by atomic mass is 79.9. The van der Waals surface area contributed by atoms with Crippen LogP contribution in [-0.4, -0.2) is 25.1 Å². The molecule has 1 unspecified atom stereocenters. The molecule has 0 radical (unpaired) electrons. The number of halogens is 1. The number of nitrogens with one attached hydrogen (secondary N) is 1. The van der Waals surface area contributed by atoms with Gasteiger partial charge in [-0.05, 0) is 88.5 Å². The third-order valence-corrected chi connectivity index (χ3v) is 8.62. The van der Waals surface area contributed by atoms with E-state index in [0.29, 0.717) is 42.5 Å². The fourth-order valence-corrected chi connectivity index (χ4v) is 6.35. The van der Waals surface area contributed by atoms with Gasteiger partial charge >= 0.3 is 5.97 Å². The highest BCUT2D eigenvalue weighted by molar-refractivity contribution is 9.10. The van der Waals surface area contributed by atoms with Gasteiger partial charge in [0.1, 0.15) is 10.8 Å². The molecule has 2 aromatic rings. The van der Waals surface area contributed by atoms with Gasteiger partial charge in [-0.1, -0.05) is 47.6 Å². The van der Waals surface area contributed by atoms with Gasteiger partial charge in [0.05, 0.1) is 23.2 Å². The third-order valence-electron chi connectivity index (χ3n) is 6.83. The second-order valence-electron chi connectivity index (χ2n) is 11.6. The first kappa shape index (κ1) is 28.7. The van der Waals surface area contributed by atoms with Crippen molar-refractivity contribution in [3.8, 4) is 5.75 Å². The van der Waals surface area contributed by atoms with Crippen molar-refractivity contribution in [3.63, 3.8) is 0 Å². The van der Waals surface area contributed by atoms with Gasteiger partial charge in [0, 0.05) is 11.3 Å². The molecule has 198 valence electrons. The predicted molar refractivity (Wildman–Crippen MR) is 151 cm³/mol. The molecule has 5 nitrogen and oxygen atoms in total. The van der Waals surface area contributed by atoms with Crippen molar-refractivity contribution >= 4 is 44.1 Å². The molecule has 0 saturated heterocycles. The summed E-state index contributed by atoms with van der Waals surface area (Å²) < 4.78 is 12.2. The number of carbonyl (C=O) groups excluding carboxylic acids is 2. The third kappa shape index (κ3) is 7.12. The normalized spacial score (nSPS) is 15.8. The Labute approximate surface area is 228 Å². The fourth-order valence-electron chi connectivity index (χ4n) is 4.52. The molecule has 0 aliphatic heterocycles. The Bertz CT molecular complexity index is 1090. The number of hydrogen-bond acceptors (Lipinski definition) is 5. The summed E-state index contributed by atoms with van der Waals surface area (Å²) in [7, 11) is 0. The molecule has 36 heavy (non-hydrogen) atoms. The first-order chi connectivity index (χ1) is 16.8. The molecule has 1 amide bonds. The number of thiophene rings is 1. The lowest BCUT2D eigenvalue weighted by molar-refractivity contribution is -0.116. The van der Waals surface area contributed by atoms with Gasteiger partial charge in [0.15, 0.2) is 0 Å². The summed E-state index contributed by atoms with van der Waals surface area (Å²) in [6, 6.07) is 6.13. The Kier molecular flexibility index (Phi) is 9.31. The zero-order valence-electron chi connectivity index (χ0n) is 22.7. The molecule has 1 atom stereocenters. The predicted octanol–water partition coefficient (Wildman–Crippen LogP) is 7.93. The molecular weight excluding hydrogens is 538 g/mol. The van der Waals surface area contributed by atoms with Crippen molar-refractivity contribution in [2.24, 2.45) is 11.3 Å². The van der Waals surface area contributed by atoms with E-state index in [2.05, 4.69) is 74.9 Å². The molecule has 1 aromatic carbocycles. The maximum Gasteiger partial charge on any atom is 0.341 e. The first-order valence-electron chi connectivity index (χ1n) is 12.9. The summed E-state index contributed by atoms with van der Waals surface area (Å²) in [5, 5.41) is 3.63. The van der Waals surface area contributed by atoms with Crippen molar-refractivity contribution < 1.29 is 19.1 Å². The van der Waals surface area contributed by atoms with Crippen molar-refractivity contribution in [1.29, 1.82) is 0 Å². The minimum atomic E-state index is -0.341. The van der Waals surface area contributed by atoms with E-state index in [0.717, 1.165) is 35.0 Å². The van der Waals surface area contributed by atoms with Crippen LogP contribution < -0.4 is 10.1 Å². The summed E-state index contributed by atoms with van der Waals surface area (Å²) in [6.45, 7) is 15.9. The number of rotatable bonds is 8. The monoisotopic (exact) mass is 577 g/mol. The summed E-state index contributed by atoms with van der Waals surface area (Å²) in [5.74, 6) is 0.868. The summed E-state index contributed by atoms with van der Waals surface area (Å²) in [6.07, 6.45) is 3.70. The van der Waals surface area contributed by atoms with Gasteiger partial charge < -0.3 is 14.8 Å². The molecule has 0 spiro atoms. The minimum absolute atomic E-state index is 0.0657. The number of esters is 1. The lowest BCUT2D eigenvalue weighted by Gasteiger charge is -2.33. The van der Waals surface area contributed by atoms with Crippen molar-refractivity contribution in [2.45, 2.75) is 86.0 Å². The van der Waals surface area contributed by atoms with E-state index in [4.69, 9.17) is 9.47 Å². The number of benzene rings is 1. The zero-order valence-corrected chi connectivity index (χ0v) is 25.1. The Balaban J connectivity index is 1.62. The van der Waals surface area contributed by atoms with Gasteiger partial charge in [0.2, 0.25) is 5.91 Å². The van der Waals surface area contributed by atoms with E-state index in [9.17, 15) is 9.59 Å². The fraction of sp³-hybridized carbons (Fsp3) is 0.586. The molecule has 1 N–H and O–H groups in total. The highest BCUT2D eigenvalue weighted by Gasteiger charge is 2.34. The van der Waals surface area contributed by atoms with Crippen LogP contribution in [0.15, 0.2) is 22.7 Å². The van der Waals surface area contributed by atoms with Crippen LogP contribution in [-0.2, 0) is 27.8 Å². The second kappa shape index (κ2) is 11.7. The summed E-state index contributed by atoms with van der Waals surface area (Å²) in [5.41, 5.74) is 3.11. The van der Waals surface area contributed by atoms with E-state index >= 15 is 0 Å². The average Bonchev–Trinajstić information content (AvgIpc) is 3.13. The number of carbonyl (C=O) groups is 2. The maximum atomic E-state index is 12.8.